The minimum absolute atomic E-state index is 0.0280. The lowest BCUT2D eigenvalue weighted by Gasteiger charge is -2.36. The maximum Gasteiger partial charge on any atom is 0.263 e. The molecule has 3 aromatic carbocycles. The van der Waals surface area contributed by atoms with E-state index in [4.69, 9.17) is 16.3 Å². The molecule has 1 aliphatic rings. The standard InChI is InChI=1S/C33H36ClN7O3/c1-44-26-13-11-25(12-14-26)39-21-19-38(20-22-39)18-6-17-35-31(42)16-15-30-36-37-33-40(23-24-7-2-4-9-28(24)34)32(43)27-8-3-5-10-29(27)41(30)33/h2-5,7-14H,6,15-23H2,1H3,(H,35,42). The lowest BCUT2D eigenvalue weighted by atomic mass is 10.2. The number of aromatic nitrogens is 4. The molecule has 0 atom stereocenters. The molecule has 11 heteroatoms. The van der Waals surface area contributed by atoms with Crippen molar-refractivity contribution >= 4 is 39.9 Å². The molecule has 1 N–H and O–H groups in total. The number of hydrogen-bond acceptors (Lipinski definition) is 7. The van der Waals surface area contributed by atoms with Crippen LogP contribution in [0.2, 0.25) is 5.02 Å². The van der Waals surface area contributed by atoms with Gasteiger partial charge in [0.05, 0.1) is 24.6 Å². The van der Waals surface area contributed by atoms with Gasteiger partial charge in [0.2, 0.25) is 11.7 Å². The molecule has 1 saturated heterocycles. The second kappa shape index (κ2) is 13.5. The Morgan fingerprint density at radius 2 is 1.70 bits per heavy atom. The molecule has 1 amide bonds. The molecule has 6 rings (SSSR count). The van der Waals surface area contributed by atoms with E-state index in [2.05, 4.69) is 37.4 Å². The van der Waals surface area contributed by atoms with Gasteiger partial charge in [-0.1, -0.05) is 41.9 Å². The van der Waals surface area contributed by atoms with Crippen LogP contribution in [0, 0.1) is 0 Å². The van der Waals surface area contributed by atoms with Crippen LogP contribution < -0.4 is 20.5 Å². The van der Waals surface area contributed by atoms with Crippen molar-refractivity contribution in [2.45, 2.75) is 25.8 Å². The molecular weight excluding hydrogens is 578 g/mol. The minimum atomic E-state index is -0.160. The number of amides is 1. The van der Waals surface area contributed by atoms with Gasteiger partial charge in [-0.05, 0) is 61.0 Å². The van der Waals surface area contributed by atoms with Crippen LogP contribution >= 0.6 is 11.6 Å². The fourth-order valence-electron chi connectivity index (χ4n) is 5.78. The van der Waals surface area contributed by atoms with E-state index in [9.17, 15) is 9.59 Å². The first-order valence-corrected chi connectivity index (χ1v) is 15.4. The number of methoxy groups -OCH3 is 1. The van der Waals surface area contributed by atoms with E-state index in [0.29, 0.717) is 35.0 Å². The monoisotopic (exact) mass is 613 g/mol. The predicted octanol–water partition coefficient (Wildman–Crippen LogP) is 4.02. The average molecular weight is 614 g/mol. The molecule has 3 heterocycles. The van der Waals surface area contributed by atoms with Crippen molar-refractivity contribution in [2.24, 2.45) is 0 Å². The summed E-state index contributed by atoms with van der Waals surface area (Å²) in [5.41, 5.74) is 2.59. The topological polar surface area (TPSA) is 97.0 Å². The summed E-state index contributed by atoms with van der Waals surface area (Å²) in [6, 6.07) is 23.1. The third-order valence-corrected chi connectivity index (χ3v) is 8.59. The second-order valence-corrected chi connectivity index (χ2v) is 11.4. The number of aryl methyl sites for hydroxylation is 1. The van der Waals surface area contributed by atoms with Crippen LogP contribution in [0.4, 0.5) is 5.69 Å². The third-order valence-electron chi connectivity index (χ3n) is 8.22. The van der Waals surface area contributed by atoms with E-state index in [0.717, 1.165) is 56.0 Å². The molecule has 0 aliphatic carbocycles. The Bertz CT molecular complexity index is 1810. The SMILES string of the molecule is COc1ccc(N2CCN(CCCNC(=O)CCc3nnc4n(Cc5ccccc5Cl)c(=O)c5ccccc5n34)CC2)cc1. The Morgan fingerprint density at radius 3 is 2.48 bits per heavy atom. The number of ether oxygens (including phenoxy) is 1. The van der Waals surface area contributed by atoms with Gasteiger partial charge in [0.1, 0.15) is 11.6 Å². The lowest BCUT2D eigenvalue weighted by molar-refractivity contribution is -0.121. The number of para-hydroxylation sites is 1. The quantitative estimate of drug-likeness (QED) is 0.225. The first-order valence-electron chi connectivity index (χ1n) is 15.0. The van der Waals surface area contributed by atoms with Crippen molar-refractivity contribution in [3.05, 3.63) is 99.6 Å². The molecule has 0 unspecified atom stereocenters. The number of benzene rings is 3. The van der Waals surface area contributed by atoms with Gasteiger partial charge in [-0.25, -0.2) is 0 Å². The molecule has 44 heavy (non-hydrogen) atoms. The van der Waals surface area contributed by atoms with Crippen LogP contribution in [0.15, 0.2) is 77.6 Å². The summed E-state index contributed by atoms with van der Waals surface area (Å²) < 4.78 is 8.74. The molecule has 1 aliphatic heterocycles. The summed E-state index contributed by atoms with van der Waals surface area (Å²) in [4.78, 5) is 31.1. The highest BCUT2D eigenvalue weighted by Gasteiger charge is 2.19. The Morgan fingerprint density at radius 1 is 0.955 bits per heavy atom. The Hall–Kier alpha value is -4.41. The van der Waals surface area contributed by atoms with Crippen LogP contribution in [0.25, 0.3) is 16.7 Å². The number of fused-ring (bicyclic) bond motifs is 3. The number of hydrogen-bond donors (Lipinski definition) is 1. The fourth-order valence-corrected chi connectivity index (χ4v) is 5.98. The molecule has 2 aromatic heterocycles. The van der Waals surface area contributed by atoms with Gasteiger partial charge in [0.15, 0.2) is 0 Å². The first-order chi connectivity index (χ1) is 21.5. The van der Waals surface area contributed by atoms with Crippen LogP contribution in [0.1, 0.15) is 24.2 Å². The number of rotatable bonds is 11. The number of nitrogens with one attached hydrogen (secondary N) is 1. The zero-order chi connectivity index (χ0) is 30.5. The molecule has 10 nitrogen and oxygen atoms in total. The third kappa shape index (κ3) is 6.41. The summed E-state index contributed by atoms with van der Waals surface area (Å²) in [5.74, 6) is 1.90. The number of carbonyl (C=O) groups is 1. The summed E-state index contributed by atoms with van der Waals surface area (Å²) in [7, 11) is 1.68. The van der Waals surface area contributed by atoms with E-state index in [1.54, 1.807) is 23.8 Å². The fraction of sp³-hybridized carbons (Fsp3) is 0.333. The van der Waals surface area contributed by atoms with Gasteiger partial charge >= 0.3 is 0 Å². The van der Waals surface area contributed by atoms with E-state index < -0.39 is 0 Å². The van der Waals surface area contributed by atoms with E-state index >= 15 is 0 Å². The van der Waals surface area contributed by atoms with E-state index in [1.165, 1.54) is 5.69 Å². The zero-order valence-corrected chi connectivity index (χ0v) is 25.5. The van der Waals surface area contributed by atoms with Crippen molar-refractivity contribution in [3.63, 3.8) is 0 Å². The van der Waals surface area contributed by atoms with E-state index in [1.807, 2.05) is 52.9 Å². The number of piperazine rings is 1. The van der Waals surface area contributed by atoms with Crippen molar-refractivity contribution in [1.29, 1.82) is 0 Å². The highest BCUT2D eigenvalue weighted by molar-refractivity contribution is 6.31. The van der Waals surface area contributed by atoms with Crippen molar-refractivity contribution < 1.29 is 9.53 Å². The largest absolute Gasteiger partial charge is 0.497 e. The van der Waals surface area contributed by atoms with Crippen LogP contribution in [0.3, 0.4) is 0 Å². The van der Waals surface area contributed by atoms with Crippen molar-refractivity contribution in [2.75, 3.05) is 51.3 Å². The Labute approximate surface area is 260 Å². The molecule has 0 spiro atoms. The van der Waals surface area contributed by atoms with Crippen LogP contribution in [-0.4, -0.2) is 76.4 Å². The lowest BCUT2D eigenvalue weighted by Crippen LogP contribution is -2.47. The number of halogens is 1. The Balaban J connectivity index is 1.03. The molecule has 0 saturated carbocycles. The van der Waals surface area contributed by atoms with Gasteiger partial charge in [-0.2, -0.15) is 0 Å². The average Bonchev–Trinajstić information content (AvgIpc) is 3.49. The van der Waals surface area contributed by atoms with Gasteiger partial charge in [-0.3, -0.25) is 23.5 Å². The highest BCUT2D eigenvalue weighted by atomic mass is 35.5. The van der Waals surface area contributed by atoms with Crippen LogP contribution in [-0.2, 0) is 17.8 Å². The first kappa shape index (κ1) is 29.7. The van der Waals surface area contributed by atoms with Gasteiger partial charge in [0, 0.05) is 56.3 Å². The minimum Gasteiger partial charge on any atom is -0.497 e. The highest BCUT2D eigenvalue weighted by Crippen LogP contribution is 2.21. The van der Waals surface area contributed by atoms with Gasteiger partial charge < -0.3 is 15.0 Å². The molecule has 0 bridgehead atoms. The predicted molar refractivity (Wildman–Crippen MR) is 173 cm³/mol. The van der Waals surface area contributed by atoms with Crippen molar-refractivity contribution in [3.8, 4) is 5.75 Å². The Kier molecular flexibility index (Phi) is 9.09. The summed E-state index contributed by atoms with van der Waals surface area (Å²) in [5, 5.41) is 13.0. The second-order valence-electron chi connectivity index (χ2n) is 11.0. The smallest absolute Gasteiger partial charge is 0.263 e. The van der Waals surface area contributed by atoms with E-state index in [-0.39, 0.29) is 24.4 Å². The van der Waals surface area contributed by atoms with Gasteiger partial charge in [-0.15, -0.1) is 10.2 Å². The molecular formula is C33H36ClN7O3. The molecule has 0 radical (unpaired) electrons. The molecule has 5 aromatic rings. The number of anilines is 1. The maximum atomic E-state index is 13.5. The van der Waals surface area contributed by atoms with Gasteiger partial charge in [0.25, 0.3) is 5.56 Å². The molecule has 1 fully saturated rings. The van der Waals surface area contributed by atoms with Crippen molar-refractivity contribution in [1.82, 2.24) is 29.4 Å². The zero-order valence-electron chi connectivity index (χ0n) is 24.8. The summed E-state index contributed by atoms with van der Waals surface area (Å²) in [6.45, 7) is 5.78. The normalized spacial score (nSPS) is 13.9. The maximum absolute atomic E-state index is 13.5. The molecule has 228 valence electrons. The number of nitrogens with zero attached hydrogens (tertiary/aromatic N) is 6. The van der Waals surface area contributed by atoms with Crippen LogP contribution in [0.5, 0.6) is 5.75 Å². The summed E-state index contributed by atoms with van der Waals surface area (Å²) >= 11 is 6.41. The summed E-state index contributed by atoms with van der Waals surface area (Å²) in [6.07, 6.45) is 1.56. The number of carbonyl (C=O) groups excluding carboxylic acids is 1.